The van der Waals surface area contributed by atoms with E-state index in [4.69, 9.17) is 4.18 Å². The Bertz CT molecular complexity index is 1290. The Labute approximate surface area is 211 Å². The van der Waals surface area contributed by atoms with E-state index in [9.17, 15) is 18.3 Å². The monoisotopic (exact) mass is 511 g/mol. The highest BCUT2D eigenvalue weighted by molar-refractivity contribution is 7.99. The van der Waals surface area contributed by atoms with Crippen LogP contribution in [0.4, 0.5) is 5.69 Å². The summed E-state index contributed by atoms with van der Waals surface area (Å²) >= 11 is 1.42. The summed E-state index contributed by atoms with van der Waals surface area (Å²) in [6.45, 7) is 5.66. The summed E-state index contributed by atoms with van der Waals surface area (Å²) in [5.74, 6) is 0.194. The molecule has 0 saturated heterocycles. The maximum atomic E-state index is 13.4. The number of para-hydroxylation sites is 1. The molecule has 0 radical (unpaired) electrons. The number of anilines is 1. The quantitative estimate of drug-likeness (QED) is 0.359. The zero-order valence-electron chi connectivity index (χ0n) is 19.9. The van der Waals surface area contributed by atoms with Crippen LogP contribution in [0.5, 0.6) is 0 Å². The average Bonchev–Trinajstić information content (AvgIpc) is 2.84. The maximum Gasteiger partial charge on any atom is 0.296 e. The number of hydrogen-bond acceptors (Lipinski definition) is 6. The Kier molecular flexibility index (Phi) is 7.66. The number of rotatable bonds is 7. The molecule has 8 heteroatoms. The van der Waals surface area contributed by atoms with Gasteiger partial charge >= 0.3 is 0 Å². The lowest BCUT2D eigenvalue weighted by molar-refractivity contribution is 0.0902. The smallest absolute Gasteiger partial charge is 0.296 e. The van der Waals surface area contributed by atoms with E-state index in [2.05, 4.69) is 0 Å². The Morgan fingerprint density at radius 2 is 1.57 bits per heavy atom. The molecular formula is C27H29NO5S2. The van der Waals surface area contributed by atoms with E-state index >= 15 is 0 Å². The Balaban J connectivity index is 1.48. The molecule has 6 nitrogen and oxygen atoms in total. The van der Waals surface area contributed by atoms with E-state index in [1.54, 1.807) is 29.2 Å². The third-order valence-corrected chi connectivity index (χ3v) is 8.78. The molecule has 0 fully saturated rings. The van der Waals surface area contributed by atoms with Crippen molar-refractivity contribution < 1.29 is 22.5 Å². The molecule has 1 aliphatic heterocycles. The van der Waals surface area contributed by atoms with Crippen LogP contribution in [0.25, 0.3) is 0 Å². The molecule has 0 spiro atoms. The number of hydrogen-bond donors (Lipinski definition) is 1. The van der Waals surface area contributed by atoms with E-state index in [0.29, 0.717) is 11.3 Å². The molecule has 1 N–H and O–H groups in total. The third kappa shape index (κ3) is 5.46. The SMILES string of the molecule is Cc1ccc(C(=O)N2c3ccccc3[C@H](SCCOS(=O)(=O)c3ccc(C)cc3)[C@@H](O)[C@@H]2C)cc1. The standard InChI is InChI=1S/C27H29NO5S2/c1-18-8-12-21(13-9-18)27(30)28-20(3)25(29)26(23-6-4-5-7-24(23)28)34-17-16-33-35(31,32)22-14-10-19(2)11-15-22/h4-15,20,25-26,29H,16-17H2,1-3H3/t20-,25-,26-/m0/s1. The maximum absolute atomic E-state index is 13.4. The van der Waals surface area contributed by atoms with Gasteiger partial charge in [-0.15, -0.1) is 11.8 Å². The second-order valence-corrected chi connectivity index (χ2v) is 11.6. The lowest BCUT2D eigenvalue weighted by atomic mass is 9.92. The van der Waals surface area contributed by atoms with Crippen LogP contribution in [-0.2, 0) is 14.3 Å². The highest BCUT2D eigenvalue weighted by Crippen LogP contribution is 2.45. The van der Waals surface area contributed by atoms with Crippen molar-refractivity contribution >= 4 is 33.5 Å². The Morgan fingerprint density at radius 3 is 2.23 bits per heavy atom. The molecule has 3 atom stereocenters. The number of benzene rings is 3. The van der Waals surface area contributed by atoms with Crippen LogP contribution in [-0.4, -0.2) is 43.9 Å². The number of fused-ring (bicyclic) bond motifs is 1. The summed E-state index contributed by atoms with van der Waals surface area (Å²) in [4.78, 5) is 15.2. The van der Waals surface area contributed by atoms with Crippen LogP contribution in [0.1, 0.15) is 39.2 Å². The van der Waals surface area contributed by atoms with Gasteiger partial charge in [0.25, 0.3) is 16.0 Å². The molecule has 0 aliphatic carbocycles. The van der Waals surface area contributed by atoms with Crippen molar-refractivity contribution in [3.8, 4) is 0 Å². The van der Waals surface area contributed by atoms with Gasteiger partial charge in [-0.1, -0.05) is 53.6 Å². The van der Waals surface area contributed by atoms with E-state index in [-0.39, 0.29) is 22.7 Å². The first-order valence-electron chi connectivity index (χ1n) is 11.4. The molecule has 1 heterocycles. The van der Waals surface area contributed by atoms with Gasteiger partial charge in [0.1, 0.15) is 0 Å². The minimum absolute atomic E-state index is 0.0212. The van der Waals surface area contributed by atoms with Crippen molar-refractivity contribution in [2.45, 2.75) is 43.1 Å². The van der Waals surface area contributed by atoms with Crippen molar-refractivity contribution in [1.29, 1.82) is 0 Å². The fourth-order valence-electron chi connectivity index (χ4n) is 4.17. The minimum atomic E-state index is -3.85. The topological polar surface area (TPSA) is 83.9 Å². The molecule has 4 rings (SSSR count). The number of aliphatic hydroxyl groups excluding tert-OH is 1. The van der Waals surface area contributed by atoms with E-state index < -0.39 is 22.3 Å². The summed E-state index contributed by atoms with van der Waals surface area (Å²) in [5, 5.41) is 10.9. The lowest BCUT2D eigenvalue weighted by Gasteiger charge is -2.42. The first kappa shape index (κ1) is 25.4. The molecule has 35 heavy (non-hydrogen) atoms. The first-order valence-corrected chi connectivity index (χ1v) is 13.9. The highest BCUT2D eigenvalue weighted by Gasteiger charge is 2.40. The van der Waals surface area contributed by atoms with Gasteiger partial charge in [0.15, 0.2) is 0 Å². The van der Waals surface area contributed by atoms with Crippen LogP contribution in [0, 0.1) is 13.8 Å². The van der Waals surface area contributed by atoms with Crippen molar-refractivity contribution in [3.63, 3.8) is 0 Å². The van der Waals surface area contributed by atoms with Gasteiger partial charge in [-0.25, -0.2) is 0 Å². The predicted molar refractivity (Wildman–Crippen MR) is 139 cm³/mol. The normalized spacial score (nSPS) is 19.9. The van der Waals surface area contributed by atoms with Crippen LogP contribution in [0.2, 0.25) is 0 Å². The minimum Gasteiger partial charge on any atom is -0.389 e. The number of aliphatic hydroxyl groups is 1. The number of nitrogens with zero attached hydrogens (tertiary/aromatic N) is 1. The third-order valence-electron chi connectivity index (χ3n) is 6.16. The van der Waals surface area contributed by atoms with E-state index in [1.807, 2.05) is 57.2 Å². The fourth-order valence-corrected chi connectivity index (χ4v) is 6.42. The van der Waals surface area contributed by atoms with Crippen molar-refractivity contribution in [3.05, 3.63) is 95.1 Å². The summed E-state index contributed by atoms with van der Waals surface area (Å²) in [5.41, 5.74) is 4.18. The molecule has 3 aromatic carbocycles. The summed E-state index contributed by atoms with van der Waals surface area (Å²) in [7, 11) is -3.85. The first-order chi connectivity index (χ1) is 16.7. The van der Waals surface area contributed by atoms with E-state index in [1.165, 1.54) is 23.9 Å². The van der Waals surface area contributed by atoms with Crippen LogP contribution in [0.15, 0.2) is 77.7 Å². The van der Waals surface area contributed by atoms with Gasteiger partial charge < -0.3 is 10.0 Å². The largest absolute Gasteiger partial charge is 0.389 e. The van der Waals surface area contributed by atoms with Gasteiger partial charge in [-0.2, -0.15) is 8.42 Å². The summed E-state index contributed by atoms with van der Waals surface area (Å²) in [6.07, 6.45) is -0.835. The molecule has 1 amide bonds. The fraction of sp³-hybridized carbons (Fsp3) is 0.296. The second-order valence-electron chi connectivity index (χ2n) is 8.71. The van der Waals surface area contributed by atoms with Gasteiger partial charge in [0, 0.05) is 17.0 Å². The van der Waals surface area contributed by atoms with Gasteiger partial charge in [0.05, 0.1) is 28.9 Å². The zero-order chi connectivity index (χ0) is 25.2. The van der Waals surface area contributed by atoms with Gasteiger partial charge in [0.2, 0.25) is 0 Å². The predicted octanol–water partition coefficient (Wildman–Crippen LogP) is 4.89. The Hall–Kier alpha value is -2.65. The molecule has 0 saturated carbocycles. The van der Waals surface area contributed by atoms with E-state index in [0.717, 1.165) is 22.4 Å². The van der Waals surface area contributed by atoms with Crippen molar-refractivity contribution in [1.82, 2.24) is 0 Å². The lowest BCUT2D eigenvalue weighted by Crippen LogP contribution is -2.51. The second kappa shape index (κ2) is 10.5. The van der Waals surface area contributed by atoms with Crippen molar-refractivity contribution in [2.75, 3.05) is 17.3 Å². The number of aryl methyl sites for hydroxylation is 2. The zero-order valence-corrected chi connectivity index (χ0v) is 21.6. The van der Waals surface area contributed by atoms with Crippen LogP contribution in [0.3, 0.4) is 0 Å². The van der Waals surface area contributed by atoms with Crippen LogP contribution < -0.4 is 4.90 Å². The molecule has 0 aromatic heterocycles. The Morgan fingerprint density at radius 1 is 0.971 bits per heavy atom. The summed E-state index contributed by atoms with van der Waals surface area (Å²) < 4.78 is 30.1. The molecule has 0 unspecified atom stereocenters. The molecule has 184 valence electrons. The molecule has 3 aromatic rings. The average molecular weight is 512 g/mol. The van der Waals surface area contributed by atoms with Crippen molar-refractivity contribution in [2.24, 2.45) is 0 Å². The van der Waals surface area contributed by atoms with Gasteiger partial charge in [-0.05, 0) is 56.7 Å². The molecule has 0 bridgehead atoms. The van der Waals surface area contributed by atoms with Gasteiger partial charge in [-0.3, -0.25) is 8.98 Å². The molecular weight excluding hydrogens is 482 g/mol. The summed E-state index contributed by atoms with van der Waals surface area (Å²) in [6, 6.07) is 21.0. The number of carbonyl (C=O) groups is 1. The highest BCUT2D eigenvalue weighted by atomic mass is 32.2. The molecule has 1 aliphatic rings. The number of amides is 1. The number of thioether (sulfide) groups is 1. The van der Waals surface area contributed by atoms with Crippen LogP contribution >= 0.6 is 11.8 Å². The number of carbonyl (C=O) groups excluding carboxylic acids is 1.